The van der Waals surface area contributed by atoms with Crippen molar-refractivity contribution in [2.45, 2.75) is 136 Å². The van der Waals surface area contributed by atoms with Crippen molar-refractivity contribution in [3.05, 3.63) is 24.4 Å². The number of carbonyl (C=O) groups is 6. The molecule has 0 aromatic heterocycles. The van der Waals surface area contributed by atoms with Crippen molar-refractivity contribution in [2.24, 2.45) is 29.4 Å². The number of hydrogen-bond acceptors (Lipinski definition) is 8. The lowest BCUT2D eigenvalue weighted by Gasteiger charge is -2.28. The lowest BCUT2D eigenvalue weighted by molar-refractivity contribution is -0.158. The van der Waals surface area contributed by atoms with Crippen LogP contribution in [-0.2, 0) is 38.2 Å². The fraction of sp³-hybridized carbons (Fsp3) is 0.722. The van der Waals surface area contributed by atoms with Gasteiger partial charge in [0.1, 0.15) is 17.7 Å². The molecule has 0 radical (unpaired) electrons. The average Bonchev–Trinajstić information content (AvgIpc) is 3.71. The third kappa shape index (κ3) is 13.5. The number of primary amides is 1. The smallest absolute Gasteiger partial charge is 0.328 e. The lowest BCUT2D eigenvalue weighted by atomic mass is 9.91. The molecule has 12 nitrogen and oxygen atoms in total. The predicted molar refractivity (Wildman–Crippen MR) is 182 cm³/mol. The largest absolute Gasteiger partial charge is 0.460 e. The van der Waals surface area contributed by atoms with Crippen LogP contribution in [0.5, 0.6) is 0 Å². The van der Waals surface area contributed by atoms with Gasteiger partial charge in [0, 0.05) is 18.9 Å². The van der Waals surface area contributed by atoms with Crippen LogP contribution in [0.1, 0.15) is 112 Å². The Labute approximate surface area is 285 Å². The third-order valence-electron chi connectivity index (χ3n) is 9.48. The number of epoxide rings is 1. The Hall–Kier alpha value is -3.54. The van der Waals surface area contributed by atoms with Crippen LogP contribution in [0.25, 0.3) is 0 Å². The van der Waals surface area contributed by atoms with E-state index in [9.17, 15) is 28.8 Å². The number of allylic oxidation sites excluding steroid dienone is 1. The Bertz CT molecular complexity index is 1200. The fourth-order valence-electron chi connectivity index (χ4n) is 5.66. The number of nitrogens with one attached hydrogen (secondary N) is 3. The van der Waals surface area contributed by atoms with E-state index in [2.05, 4.69) is 36.4 Å². The molecular formula is C36H58N4O8. The molecule has 270 valence electrons. The number of ether oxygens (including phenoxy) is 2. The molecule has 7 unspecified atom stereocenters. The Morgan fingerprint density at radius 2 is 1.73 bits per heavy atom. The summed E-state index contributed by atoms with van der Waals surface area (Å²) in [6.45, 7) is 14.9. The maximum Gasteiger partial charge on any atom is 0.328 e. The molecule has 0 aromatic rings. The van der Waals surface area contributed by atoms with Crippen molar-refractivity contribution in [1.29, 1.82) is 0 Å². The highest BCUT2D eigenvalue weighted by atomic mass is 16.6. The molecule has 4 amide bonds. The minimum Gasteiger partial charge on any atom is -0.460 e. The lowest BCUT2D eigenvalue weighted by Crippen LogP contribution is -2.49. The van der Waals surface area contributed by atoms with Crippen molar-refractivity contribution >= 4 is 35.4 Å². The van der Waals surface area contributed by atoms with Crippen molar-refractivity contribution in [1.82, 2.24) is 16.0 Å². The first-order valence-corrected chi connectivity index (χ1v) is 17.6. The maximum atomic E-state index is 13.3. The molecule has 2 saturated heterocycles. The third-order valence-corrected chi connectivity index (χ3v) is 9.48. The van der Waals surface area contributed by atoms with Gasteiger partial charge in [-0.1, -0.05) is 73.3 Å². The topological polar surface area (TPSA) is 186 Å². The summed E-state index contributed by atoms with van der Waals surface area (Å²) < 4.78 is 11.7. The van der Waals surface area contributed by atoms with E-state index in [-0.39, 0.29) is 49.8 Å². The Morgan fingerprint density at radius 1 is 1.02 bits per heavy atom. The molecule has 2 fully saturated rings. The maximum absolute atomic E-state index is 13.3. The number of carbonyl (C=O) groups excluding carboxylic acids is 6. The number of esters is 1. The molecule has 48 heavy (non-hydrogen) atoms. The SMILES string of the molecule is C=C1NC(=O)C(C)C(CCC(C)C(=O)/C=C/C2(C)OC2CCC(C)CCCCCC)OC(=O)[C@H](CCC(N)=O)NC(=O)C(C)CNC1=O. The summed E-state index contributed by atoms with van der Waals surface area (Å²) in [5, 5.41) is 7.57. The summed E-state index contributed by atoms with van der Waals surface area (Å²) in [6.07, 6.45) is 10.9. The first-order valence-electron chi connectivity index (χ1n) is 17.6. The Kier molecular flexibility index (Phi) is 16.5. The van der Waals surface area contributed by atoms with E-state index in [4.69, 9.17) is 15.2 Å². The van der Waals surface area contributed by atoms with E-state index in [1.165, 1.54) is 39.0 Å². The molecule has 0 aliphatic carbocycles. The van der Waals surface area contributed by atoms with E-state index >= 15 is 0 Å². The summed E-state index contributed by atoms with van der Waals surface area (Å²) in [7, 11) is 0. The quantitative estimate of drug-likeness (QED) is 0.0777. The standard InChI is InChI=1S/C36H58N4O8/c1-8-9-10-11-12-22(2)13-17-30-36(7,48-30)20-19-28(41)23(3)14-16-29-25(5)33(44)39-26(6)34(45)38-21-24(4)32(43)40-27(35(46)47-29)15-18-31(37)42/h19-20,22-25,27,29-30H,6,8-18,21H2,1-5,7H3,(H2,37,42)(H,38,45)(H,39,44)(H,40,43)/b20-19+/t22?,23?,24?,25?,27-,29?,30?,36?/m0/s1. The second-order valence-electron chi connectivity index (χ2n) is 13.9. The minimum absolute atomic E-state index is 0.0833. The van der Waals surface area contributed by atoms with Gasteiger partial charge < -0.3 is 31.2 Å². The van der Waals surface area contributed by atoms with Gasteiger partial charge in [0.15, 0.2) is 5.78 Å². The van der Waals surface area contributed by atoms with Crippen LogP contribution in [0.3, 0.4) is 0 Å². The fourth-order valence-corrected chi connectivity index (χ4v) is 5.66. The van der Waals surface area contributed by atoms with Gasteiger partial charge >= 0.3 is 5.97 Å². The first kappa shape index (κ1) is 40.6. The van der Waals surface area contributed by atoms with E-state index in [1.807, 2.05) is 13.0 Å². The van der Waals surface area contributed by atoms with Crippen molar-refractivity contribution in [3.63, 3.8) is 0 Å². The molecule has 0 aromatic carbocycles. The molecule has 2 rings (SSSR count). The summed E-state index contributed by atoms with van der Waals surface area (Å²) in [5.41, 5.74) is 4.60. The Morgan fingerprint density at radius 3 is 2.40 bits per heavy atom. The number of amides is 4. The van der Waals surface area contributed by atoms with Crippen LogP contribution in [0.2, 0.25) is 0 Å². The summed E-state index contributed by atoms with van der Waals surface area (Å²) in [4.78, 5) is 76.3. The highest BCUT2D eigenvalue weighted by Gasteiger charge is 2.49. The zero-order valence-corrected chi connectivity index (χ0v) is 29.7. The summed E-state index contributed by atoms with van der Waals surface area (Å²) >= 11 is 0. The molecule has 8 atom stereocenters. The van der Waals surface area contributed by atoms with Crippen LogP contribution in [0.4, 0.5) is 0 Å². The summed E-state index contributed by atoms with van der Waals surface area (Å²) in [5.74, 6) is -4.94. The average molecular weight is 675 g/mol. The second kappa shape index (κ2) is 19.5. The van der Waals surface area contributed by atoms with Crippen LogP contribution >= 0.6 is 0 Å². The van der Waals surface area contributed by atoms with Crippen molar-refractivity contribution in [2.75, 3.05) is 6.54 Å². The number of cyclic esters (lactones) is 1. The van der Waals surface area contributed by atoms with Gasteiger partial charge in [-0.3, -0.25) is 24.0 Å². The molecule has 0 bridgehead atoms. The monoisotopic (exact) mass is 674 g/mol. The Balaban J connectivity index is 2.07. The van der Waals surface area contributed by atoms with Crippen LogP contribution in [0.15, 0.2) is 24.4 Å². The second-order valence-corrected chi connectivity index (χ2v) is 13.9. The van der Waals surface area contributed by atoms with Crippen molar-refractivity contribution < 1.29 is 38.2 Å². The van der Waals surface area contributed by atoms with E-state index in [0.717, 1.165) is 12.8 Å². The van der Waals surface area contributed by atoms with Crippen LogP contribution < -0.4 is 21.7 Å². The number of hydrogen-bond donors (Lipinski definition) is 4. The van der Waals surface area contributed by atoms with Gasteiger partial charge in [0.2, 0.25) is 17.7 Å². The number of rotatable bonds is 17. The highest BCUT2D eigenvalue weighted by molar-refractivity contribution is 5.98. The molecular weight excluding hydrogens is 616 g/mol. The molecule has 0 spiro atoms. The predicted octanol–water partition coefficient (Wildman–Crippen LogP) is 3.77. The van der Waals surface area contributed by atoms with Crippen LogP contribution in [-0.4, -0.2) is 65.8 Å². The van der Waals surface area contributed by atoms with Crippen molar-refractivity contribution in [3.8, 4) is 0 Å². The first-order chi connectivity index (χ1) is 22.6. The van der Waals surface area contributed by atoms with E-state index in [1.54, 1.807) is 19.9 Å². The molecule has 2 aliphatic rings. The van der Waals surface area contributed by atoms with Gasteiger partial charge in [-0.05, 0) is 57.1 Å². The van der Waals surface area contributed by atoms with Gasteiger partial charge in [0.25, 0.3) is 5.91 Å². The van der Waals surface area contributed by atoms with Gasteiger partial charge in [-0.2, -0.15) is 0 Å². The molecule has 0 saturated carbocycles. The molecule has 5 N–H and O–H groups in total. The minimum atomic E-state index is -1.21. The van der Waals surface area contributed by atoms with E-state index in [0.29, 0.717) is 5.92 Å². The zero-order chi connectivity index (χ0) is 36.0. The van der Waals surface area contributed by atoms with E-state index < -0.39 is 65.1 Å². The molecule has 12 heteroatoms. The normalized spacial score (nSPS) is 28.5. The number of ketones is 1. The summed E-state index contributed by atoms with van der Waals surface area (Å²) in [6, 6.07) is -1.21. The van der Waals surface area contributed by atoms with Gasteiger partial charge in [-0.25, -0.2) is 4.79 Å². The van der Waals surface area contributed by atoms with Crippen LogP contribution in [0, 0.1) is 23.7 Å². The number of nitrogens with two attached hydrogens (primary N) is 1. The zero-order valence-electron chi connectivity index (χ0n) is 29.7. The van der Waals surface area contributed by atoms with Gasteiger partial charge in [-0.15, -0.1) is 0 Å². The number of unbranched alkanes of at least 4 members (excludes halogenated alkanes) is 3. The van der Waals surface area contributed by atoms with Gasteiger partial charge in [0.05, 0.1) is 23.6 Å². The molecule has 2 aliphatic heterocycles. The molecule has 2 heterocycles. The highest BCUT2D eigenvalue weighted by Crippen LogP contribution is 2.41.